The minimum atomic E-state index is -0.455. The molecule has 1 aliphatic carbocycles. The topological polar surface area (TPSA) is 80.0 Å². The number of carbonyl (C=O) groups is 1. The first kappa shape index (κ1) is 17.2. The number of halogens is 1. The summed E-state index contributed by atoms with van der Waals surface area (Å²) in [4.78, 5) is 16.6. The Bertz CT molecular complexity index is 955. The zero-order chi connectivity index (χ0) is 18.8. The molecule has 0 saturated heterocycles. The van der Waals surface area contributed by atoms with Crippen LogP contribution in [0.1, 0.15) is 42.4 Å². The summed E-state index contributed by atoms with van der Waals surface area (Å²) in [7, 11) is 0. The maximum absolute atomic E-state index is 13.0. The van der Waals surface area contributed by atoms with Gasteiger partial charge in [-0.2, -0.15) is 4.98 Å². The van der Waals surface area contributed by atoms with E-state index in [-0.39, 0.29) is 23.8 Å². The number of nitrogens with one attached hydrogen (secondary N) is 2. The van der Waals surface area contributed by atoms with Gasteiger partial charge in [0.15, 0.2) is 0 Å². The molecule has 6 nitrogen and oxygen atoms in total. The highest BCUT2D eigenvalue weighted by atomic mass is 19.1. The fourth-order valence-corrected chi connectivity index (χ4v) is 3.29. The molecule has 3 aromatic rings. The number of nitrogens with zero attached hydrogens (tertiary/aromatic N) is 2. The fourth-order valence-electron chi connectivity index (χ4n) is 3.29. The van der Waals surface area contributed by atoms with E-state index >= 15 is 0 Å². The summed E-state index contributed by atoms with van der Waals surface area (Å²) in [5.74, 6) is 0.308. The van der Waals surface area contributed by atoms with Gasteiger partial charge in [0, 0.05) is 5.56 Å². The lowest BCUT2D eigenvalue weighted by atomic mass is 10.1. The van der Waals surface area contributed by atoms with E-state index in [4.69, 9.17) is 4.52 Å². The molecule has 7 heteroatoms. The summed E-state index contributed by atoms with van der Waals surface area (Å²) in [6, 6.07) is 13.2. The van der Waals surface area contributed by atoms with E-state index in [1.165, 1.54) is 17.7 Å². The van der Waals surface area contributed by atoms with Gasteiger partial charge in [0.1, 0.15) is 11.9 Å². The number of hydrogen-bond donors (Lipinski definition) is 2. The van der Waals surface area contributed by atoms with Crippen LogP contribution in [0.25, 0.3) is 11.4 Å². The molecule has 1 aliphatic rings. The standard InChI is InChI=1S/C20H19FN4O2/c1-12(19-24-18(25-27-19)14-6-9-15(21)10-7-14)22-20(26)23-17-11-8-13-4-2-3-5-16(13)17/h2-7,9-10,12,17H,8,11H2,1H3,(H2,22,23,26)/t12-,17+/m1/s1. The zero-order valence-electron chi connectivity index (χ0n) is 14.8. The quantitative estimate of drug-likeness (QED) is 0.733. The van der Waals surface area contributed by atoms with Gasteiger partial charge >= 0.3 is 6.03 Å². The van der Waals surface area contributed by atoms with Gasteiger partial charge < -0.3 is 15.2 Å². The Hall–Kier alpha value is -3.22. The van der Waals surface area contributed by atoms with Gasteiger partial charge in [-0.15, -0.1) is 0 Å². The molecule has 0 saturated carbocycles. The Labute approximate surface area is 155 Å². The highest BCUT2D eigenvalue weighted by Crippen LogP contribution is 2.30. The average molecular weight is 366 g/mol. The molecule has 0 radical (unpaired) electrons. The molecule has 2 amide bonds. The van der Waals surface area contributed by atoms with E-state index in [1.807, 2.05) is 18.2 Å². The van der Waals surface area contributed by atoms with Crippen molar-refractivity contribution in [1.29, 1.82) is 0 Å². The first-order valence-corrected chi connectivity index (χ1v) is 8.84. The van der Waals surface area contributed by atoms with Crippen LogP contribution >= 0.6 is 0 Å². The van der Waals surface area contributed by atoms with Crippen molar-refractivity contribution in [2.75, 3.05) is 0 Å². The van der Waals surface area contributed by atoms with Crippen molar-refractivity contribution in [1.82, 2.24) is 20.8 Å². The largest absolute Gasteiger partial charge is 0.337 e. The molecule has 0 aliphatic heterocycles. The molecular formula is C20H19FN4O2. The molecule has 1 heterocycles. The predicted octanol–water partition coefficient (Wildman–Crippen LogP) is 3.92. The summed E-state index contributed by atoms with van der Waals surface area (Å²) >= 11 is 0. The van der Waals surface area contributed by atoms with E-state index in [0.717, 1.165) is 18.4 Å². The number of urea groups is 1. The molecule has 2 aromatic carbocycles. The number of amides is 2. The van der Waals surface area contributed by atoms with E-state index in [2.05, 4.69) is 26.8 Å². The van der Waals surface area contributed by atoms with Crippen LogP contribution in [-0.2, 0) is 6.42 Å². The number of aromatic nitrogens is 2. The molecule has 2 atom stereocenters. The zero-order valence-corrected chi connectivity index (χ0v) is 14.8. The van der Waals surface area contributed by atoms with Crippen LogP contribution in [0.15, 0.2) is 53.1 Å². The van der Waals surface area contributed by atoms with Crippen molar-refractivity contribution >= 4 is 6.03 Å². The molecule has 27 heavy (non-hydrogen) atoms. The first-order valence-electron chi connectivity index (χ1n) is 8.84. The monoisotopic (exact) mass is 366 g/mol. The van der Waals surface area contributed by atoms with Crippen molar-refractivity contribution in [3.8, 4) is 11.4 Å². The fraction of sp³-hybridized carbons (Fsp3) is 0.250. The molecule has 0 spiro atoms. The second-order valence-electron chi connectivity index (χ2n) is 6.59. The number of benzene rings is 2. The molecule has 0 fully saturated rings. The lowest BCUT2D eigenvalue weighted by Gasteiger charge is -2.16. The highest BCUT2D eigenvalue weighted by molar-refractivity contribution is 5.75. The van der Waals surface area contributed by atoms with Gasteiger partial charge in [0.25, 0.3) is 0 Å². The van der Waals surface area contributed by atoms with Crippen LogP contribution in [0, 0.1) is 5.82 Å². The summed E-state index contributed by atoms with van der Waals surface area (Å²) in [5.41, 5.74) is 3.08. The Kier molecular flexibility index (Phi) is 4.58. The Morgan fingerprint density at radius 2 is 2.00 bits per heavy atom. The first-order chi connectivity index (χ1) is 13.1. The van der Waals surface area contributed by atoms with Gasteiger partial charge in [0.05, 0.1) is 6.04 Å². The van der Waals surface area contributed by atoms with Crippen LogP contribution in [-0.4, -0.2) is 16.2 Å². The summed E-state index contributed by atoms with van der Waals surface area (Å²) in [6.45, 7) is 1.77. The number of rotatable bonds is 4. The second-order valence-corrected chi connectivity index (χ2v) is 6.59. The van der Waals surface area contributed by atoms with Gasteiger partial charge in [-0.1, -0.05) is 29.4 Å². The molecule has 2 N–H and O–H groups in total. The van der Waals surface area contributed by atoms with Crippen molar-refractivity contribution in [3.63, 3.8) is 0 Å². The van der Waals surface area contributed by atoms with Crippen molar-refractivity contribution in [2.45, 2.75) is 31.8 Å². The Balaban J connectivity index is 1.39. The number of fused-ring (bicyclic) bond motifs is 1. The van der Waals surface area contributed by atoms with Gasteiger partial charge in [-0.05, 0) is 55.2 Å². The third-order valence-corrected chi connectivity index (χ3v) is 4.70. The maximum atomic E-state index is 13.0. The van der Waals surface area contributed by atoms with Crippen molar-refractivity contribution < 1.29 is 13.7 Å². The van der Waals surface area contributed by atoms with Gasteiger partial charge in [-0.3, -0.25) is 0 Å². The van der Waals surface area contributed by atoms with E-state index in [0.29, 0.717) is 11.4 Å². The molecule has 138 valence electrons. The second kappa shape index (κ2) is 7.19. The average Bonchev–Trinajstić information content (AvgIpc) is 3.30. The summed E-state index contributed by atoms with van der Waals surface area (Å²) in [5, 5.41) is 9.72. The Morgan fingerprint density at radius 3 is 2.81 bits per heavy atom. The van der Waals surface area contributed by atoms with E-state index in [1.54, 1.807) is 19.1 Å². The minimum Gasteiger partial charge on any atom is -0.337 e. The predicted molar refractivity (Wildman–Crippen MR) is 97.3 cm³/mol. The van der Waals surface area contributed by atoms with Crippen molar-refractivity contribution in [2.24, 2.45) is 0 Å². The maximum Gasteiger partial charge on any atom is 0.315 e. The summed E-state index contributed by atoms with van der Waals surface area (Å²) in [6.07, 6.45) is 1.85. The molecule has 1 aromatic heterocycles. The smallest absolute Gasteiger partial charge is 0.315 e. The van der Waals surface area contributed by atoms with E-state index in [9.17, 15) is 9.18 Å². The highest BCUT2D eigenvalue weighted by Gasteiger charge is 2.24. The van der Waals surface area contributed by atoms with Crippen LogP contribution < -0.4 is 10.6 Å². The molecular weight excluding hydrogens is 347 g/mol. The number of carbonyl (C=O) groups excluding carboxylic acids is 1. The van der Waals surface area contributed by atoms with Gasteiger partial charge in [-0.25, -0.2) is 9.18 Å². The number of aryl methyl sites for hydroxylation is 1. The Morgan fingerprint density at radius 1 is 1.22 bits per heavy atom. The van der Waals surface area contributed by atoms with Crippen LogP contribution in [0.4, 0.5) is 9.18 Å². The third kappa shape index (κ3) is 3.67. The molecule has 4 rings (SSSR count). The summed E-state index contributed by atoms with van der Waals surface area (Å²) < 4.78 is 18.3. The van der Waals surface area contributed by atoms with E-state index < -0.39 is 6.04 Å². The third-order valence-electron chi connectivity index (χ3n) is 4.70. The molecule has 0 unspecified atom stereocenters. The normalized spacial score (nSPS) is 16.6. The van der Waals surface area contributed by atoms with Crippen LogP contribution in [0.3, 0.4) is 0 Å². The SMILES string of the molecule is C[C@@H](NC(=O)N[C@H]1CCc2ccccc21)c1nc(-c2ccc(F)cc2)no1. The lowest BCUT2D eigenvalue weighted by molar-refractivity contribution is 0.230. The van der Waals surface area contributed by atoms with Crippen LogP contribution in [0.5, 0.6) is 0 Å². The lowest BCUT2D eigenvalue weighted by Crippen LogP contribution is -2.38. The minimum absolute atomic E-state index is 0.00543. The number of hydrogen-bond acceptors (Lipinski definition) is 4. The van der Waals surface area contributed by atoms with Crippen molar-refractivity contribution in [3.05, 3.63) is 71.4 Å². The van der Waals surface area contributed by atoms with Gasteiger partial charge in [0.2, 0.25) is 11.7 Å². The molecule has 0 bridgehead atoms. The van der Waals surface area contributed by atoms with Crippen LogP contribution in [0.2, 0.25) is 0 Å².